The number of carbonyl (C=O) groups excluding carboxylic acids is 3. The molecular formula is C29H47N5O3. The molecule has 0 unspecified atom stereocenters. The first-order chi connectivity index (χ1) is 17.6. The van der Waals surface area contributed by atoms with Crippen molar-refractivity contribution in [1.29, 1.82) is 0 Å². The number of benzene rings is 1. The van der Waals surface area contributed by atoms with Crippen molar-refractivity contribution in [3.8, 4) is 0 Å². The monoisotopic (exact) mass is 513 g/mol. The third-order valence-electron chi connectivity index (χ3n) is 7.80. The summed E-state index contributed by atoms with van der Waals surface area (Å²) in [7, 11) is 1.74. The van der Waals surface area contributed by atoms with E-state index in [0.29, 0.717) is 19.6 Å². The minimum atomic E-state index is -0.602. The zero-order valence-corrected chi connectivity index (χ0v) is 23.4. The van der Waals surface area contributed by atoms with Crippen LogP contribution in [0.3, 0.4) is 0 Å². The van der Waals surface area contributed by atoms with E-state index in [9.17, 15) is 14.4 Å². The summed E-state index contributed by atoms with van der Waals surface area (Å²) in [4.78, 5) is 43.7. The third-order valence-corrected chi connectivity index (χ3v) is 7.80. The molecule has 2 aliphatic rings. The molecule has 0 spiro atoms. The second-order valence-electron chi connectivity index (χ2n) is 11.6. The maximum atomic E-state index is 13.7. The minimum absolute atomic E-state index is 0.0220. The summed E-state index contributed by atoms with van der Waals surface area (Å²) in [6.45, 7) is 10.6. The Morgan fingerprint density at radius 1 is 1.11 bits per heavy atom. The SMILES string of the molecule is CN[C@@H](C)C(=O)N[C@H](C(=O)N1CCC[C@H]1CCN(CCc1ccccc1)C(=O)[C@@H]1CCCN1)C(C)(C)C. The standard InChI is InChI=1S/C29H47N5O3/c1-21(30-5)26(35)32-25(29(2,3)4)28(37)34-18-10-13-23(34)16-20-33(27(36)24-14-9-17-31-24)19-15-22-11-7-6-8-12-22/h6-8,11-12,21,23-25,30-31H,9-10,13-20H2,1-5H3,(H,32,35)/t21-,23-,24-,25+/m0/s1. The Labute approximate surface area is 222 Å². The molecule has 4 atom stereocenters. The van der Waals surface area contributed by atoms with Crippen LogP contribution in [-0.4, -0.2) is 84.9 Å². The number of likely N-dealkylation sites (tertiary alicyclic amines) is 1. The Balaban J connectivity index is 1.67. The predicted octanol–water partition coefficient (Wildman–Crippen LogP) is 2.33. The van der Waals surface area contributed by atoms with Crippen LogP contribution in [0.5, 0.6) is 0 Å². The van der Waals surface area contributed by atoms with Gasteiger partial charge in [-0.25, -0.2) is 0 Å². The molecule has 1 aromatic rings. The Morgan fingerprint density at radius 2 is 1.84 bits per heavy atom. The van der Waals surface area contributed by atoms with Gasteiger partial charge < -0.3 is 25.8 Å². The lowest BCUT2D eigenvalue weighted by Gasteiger charge is -2.37. The zero-order chi connectivity index (χ0) is 27.0. The molecule has 2 aliphatic heterocycles. The molecule has 3 rings (SSSR count). The fraction of sp³-hybridized carbons (Fsp3) is 0.690. The summed E-state index contributed by atoms with van der Waals surface area (Å²) in [5.74, 6) is -0.0234. The fourth-order valence-electron chi connectivity index (χ4n) is 5.30. The number of amides is 3. The molecule has 8 heteroatoms. The van der Waals surface area contributed by atoms with Gasteiger partial charge in [0.05, 0.1) is 12.1 Å². The molecule has 3 N–H and O–H groups in total. The molecule has 2 heterocycles. The van der Waals surface area contributed by atoms with Crippen LogP contribution >= 0.6 is 0 Å². The minimum Gasteiger partial charge on any atom is -0.342 e. The van der Waals surface area contributed by atoms with Crippen LogP contribution in [-0.2, 0) is 20.8 Å². The molecule has 206 valence electrons. The van der Waals surface area contributed by atoms with E-state index >= 15 is 0 Å². The molecule has 0 saturated carbocycles. The van der Waals surface area contributed by atoms with Gasteiger partial charge in [0.2, 0.25) is 17.7 Å². The van der Waals surface area contributed by atoms with Crippen molar-refractivity contribution in [2.75, 3.05) is 33.2 Å². The molecule has 0 bridgehead atoms. The maximum absolute atomic E-state index is 13.7. The van der Waals surface area contributed by atoms with E-state index in [1.54, 1.807) is 14.0 Å². The van der Waals surface area contributed by atoms with Crippen molar-refractivity contribution in [3.63, 3.8) is 0 Å². The van der Waals surface area contributed by atoms with Gasteiger partial charge in [0.25, 0.3) is 0 Å². The highest BCUT2D eigenvalue weighted by atomic mass is 16.2. The fourth-order valence-corrected chi connectivity index (χ4v) is 5.30. The van der Waals surface area contributed by atoms with Gasteiger partial charge in [-0.15, -0.1) is 0 Å². The van der Waals surface area contributed by atoms with Gasteiger partial charge in [0.1, 0.15) is 6.04 Å². The van der Waals surface area contributed by atoms with Crippen LogP contribution in [0.15, 0.2) is 30.3 Å². The van der Waals surface area contributed by atoms with E-state index in [-0.39, 0.29) is 35.8 Å². The maximum Gasteiger partial charge on any atom is 0.245 e. The van der Waals surface area contributed by atoms with Crippen LogP contribution in [0.1, 0.15) is 65.4 Å². The summed E-state index contributed by atoms with van der Waals surface area (Å²) in [5.41, 5.74) is 0.802. The van der Waals surface area contributed by atoms with Gasteiger partial charge in [-0.1, -0.05) is 51.1 Å². The van der Waals surface area contributed by atoms with Gasteiger partial charge in [-0.05, 0) is 70.0 Å². The summed E-state index contributed by atoms with van der Waals surface area (Å²) < 4.78 is 0. The van der Waals surface area contributed by atoms with E-state index in [2.05, 4.69) is 28.1 Å². The van der Waals surface area contributed by atoms with E-state index < -0.39 is 11.5 Å². The smallest absolute Gasteiger partial charge is 0.245 e. The van der Waals surface area contributed by atoms with Crippen LogP contribution in [0, 0.1) is 5.41 Å². The van der Waals surface area contributed by atoms with Crippen molar-refractivity contribution in [2.45, 2.75) is 90.4 Å². The van der Waals surface area contributed by atoms with Crippen molar-refractivity contribution in [3.05, 3.63) is 35.9 Å². The number of likely N-dealkylation sites (N-methyl/N-ethyl adjacent to an activating group) is 1. The van der Waals surface area contributed by atoms with Gasteiger partial charge in [0, 0.05) is 25.7 Å². The molecular weight excluding hydrogens is 466 g/mol. The first-order valence-corrected chi connectivity index (χ1v) is 14.0. The number of nitrogens with one attached hydrogen (secondary N) is 3. The topological polar surface area (TPSA) is 93.8 Å². The zero-order valence-electron chi connectivity index (χ0n) is 23.4. The van der Waals surface area contributed by atoms with E-state index in [1.165, 1.54) is 5.56 Å². The Hall–Kier alpha value is -2.45. The third kappa shape index (κ3) is 8.01. The molecule has 1 aromatic carbocycles. The van der Waals surface area contributed by atoms with Crippen LogP contribution in [0.25, 0.3) is 0 Å². The molecule has 2 fully saturated rings. The van der Waals surface area contributed by atoms with Crippen molar-refractivity contribution >= 4 is 17.7 Å². The Kier molecular flexibility index (Phi) is 10.5. The van der Waals surface area contributed by atoms with Crippen molar-refractivity contribution in [1.82, 2.24) is 25.8 Å². The number of nitrogens with zero attached hydrogens (tertiary/aromatic N) is 2. The molecule has 0 aromatic heterocycles. The highest BCUT2D eigenvalue weighted by molar-refractivity contribution is 5.90. The summed E-state index contributed by atoms with van der Waals surface area (Å²) in [5, 5.41) is 9.30. The van der Waals surface area contributed by atoms with E-state index in [4.69, 9.17) is 0 Å². The average Bonchev–Trinajstić information content (AvgIpc) is 3.58. The molecule has 2 saturated heterocycles. The second kappa shape index (κ2) is 13.4. The molecule has 37 heavy (non-hydrogen) atoms. The first kappa shape index (κ1) is 29.1. The number of carbonyl (C=O) groups is 3. The van der Waals surface area contributed by atoms with Gasteiger partial charge in [-0.3, -0.25) is 14.4 Å². The molecule has 8 nitrogen and oxygen atoms in total. The summed E-state index contributed by atoms with van der Waals surface area (Å²) >= 11 is 0. The lowest BCUT2D eigenvalue weighted by atomic mass is 9.85. The van der Waals surface area contributed by atoms with Gasteiger partial charge >= 0.3 is 0 Å². The van der Waals surface area contributed by atoms with Gasteiger partial charge in [-0.2, -0.15) is 0 Å². The number of hydrogen-bond donors (Lipinski definition) is 3. The first-order valence-electron chi connectivity index (χ1n) is 14.0. The highest BCUT2D eigenvalue weighted by Crippen LogP contribution is 2.27. The Morgan fingerprint density at radius 3 is 2.46 bits per heavy atom. The Bertz CT molecular complexity index is 895. The van der Waals surface area contributed by atoms with E-state index in [0.717, 1.165) is 45.1 Å². The molecule has 3 amide bonds. The quantitative estimate of drug-likeness (QED) is 0.422. The van der Waals surface area contributed by atoms with Crippen LogP contribution in [0.4, 0.5) is 0 Å². The molecule has 0 radical (unpaired) electrons. The number of rotatable bonds is 11. The van der Waals surface area contributed by atoms with E-state index in [1.807, 2.05) is 48.8 Å². The highest BCUT2D eigenvalue weighted by Gasteiger charge is 2.40. The number of hydrogen-bond acceptors (Lipinski definition) is 5. The van der Waals surface area contributed by atoms with Crippen LogP contribution < -0.4 is 16.0 Å². The second-order valence-corrected chi connectivity index (χ2v) is 11.6. The van der Waals surface area contributed by atoms with Gasteiger partial charge in [0.15, 0.2) is 0 Å². The van der Waals surface area contributed by atoms with Crippen molar-refractivity contribution in [2.24, 2.45) is 5.41 Å². The molecule has 0 aliphatic carbocycles. The predicted molar refractivity (Wildman–Crippen MR) is 147 cm³/mol. The van der Waals surface area contributed by atoms with Crippen LogP contribution in [0.2, 0.25) is 0 Å². The van der Waals surface area contributed by atoms with Crippen molar-refractivity contribution < 1.29 is 14.4 Å². The lowest BCUT2D eigenvalue weighted by molar-refractivity contribution is -0.140. The summed E-state index contributed by atoms with van der Waals surface area (Å²) in [6.07, 6.45) is 5.33. The summed E-state index contributed by atoms with van der Waals surface area (Å²) in [6, 6.07) is 9.26. The normalized spacial score (nSPS) is 21.5. The largest absolute Gasteiger partial charge is 0.342 e. The lowest BCUT2D eigenvalue weighted by Crippen LogP contribution is -2.58. The average molecular weight is 514 g/mol.